The second-order valence-corrected chi connectivity index (χ2v) is 18.6. The first-order chi connectivity index (χ1) is 22.6. The zero-order chi connectivity index (χ0) is 37.5. The number of rotatable bonds is 15. The van der Waals surface area contributed by atoms with Crippen molar-refractivity contribution in [1.82, 2.24) is 30.5 Å². The maximum atomic E-state index is 14.4. The van der Waals surface area contributed by atoms with E-state index in [-0.39, 0.29) is 35.6 Å². The number of carbonyl (C=O) groups excluding carboxylic acids is 5. The molecule has 1 unspecified atom stereocenters. The van der Waals surface area contributed by atoms with E-state index in [1.807, 2.05) is 62.3 Å². The van der Waals surface area contributed by atoms with Gasteiger partial charge in [0.1, 0.15) is 16.3 Å². The Balaban J connectivity index is 2.35. The number of hydrogen-bond donors (Lipinski definition) is 4. The number of urea groups is 1. The average Bonchev–Trinajstić information content (AvgIpc) is 3.71. The lowest BCUT2D eigenvalue weighted by atomic mass is 9.84. The molecular weight excluding hydrogens is 669 g/mol. The fourth-order valence-corrected chi connectivity index (χ4v) is 8.30. The molecule has 1 fully saturated rings. The molecule has 0 saturated carbocycles. The van der Waals surface area contributed by atoms with Crippen LogP contribution in [0.3, 0.4) is 0 Å². The van der Waals surface area contributed by atoms with Gasteiger partial charge in [0.25, 0.3) is 15.9 Å². The number of Topliss-reactive ketones (excluding diaryl/α,β-unsaturated/α-hetero) is 1. The lowest BCUT2D eigenvalue weighted by Gasteiger charge is -2.38. The van der Waals surface area contributed by atoms with Crippen molar-refractivity contribution in [1.29, 1.82) is 0 Å². The molecule has 0 aliphatic carbocycles. The molecule has 2 rings (SSSR count). The van der Waals surface area contributed by atoms with Gasteiger partial charge in [0.15, 0.2) is 0 Å². The summed E-state index contributed by atoms with van der Waals surface area (Å²) in [6.07, 6.45) is 2.20. The number of sulfonamides is 1. The Morgan fingerprint density at radius 2 is 1.65 bits per heavy atom. The minimum Gasteiger partial charge on any atom is -0.353 e. The van der Waals surface area contributed by atoms with E-state index in [4.69, 9.17) is 0 Å². The first-order valence-electron chi connectivity index (χ1n) is 17.0. The van der Waals surface area contributed by atoms with Crippen LogP contribution in [0.25, 0.3) is 0 Å². The van der Waals surface area contributed by atoms with E-state index in [1.54, 1.807) is 11.4 Å². The number of hydrogen-bond acceptors (Lipinski definition) is 8. The van der Waals surface area contributed by atoms with Crippen LogP contribution in [0.4, 0.5) is 4.79 Å². The number of nitrogens with zero attached hydrogens (tertiary/aromatic N) is 2. The summed E-state index contributed by atoms with van der Waals surface area (Å²) in [6, 6.07) is -1.08. The van der Waals surface area contributed by atoms with Gasteiger partial charge in [0.05, 0.1) is 6.04 Å². The van der Waals surface area contributed by atoms with Crippen LogP contribution in [0.2, 0.25) is 0 Å². The molecule has 1 aliphatic rings. The van der Waals surface area contributed by atoms with Crippen LogP contribution in [0.15, 0.2) is 21.7 Å². The monoisotopic (exact) mass is 726 g/mol. The Labute approximate surface area is 296 Å². The van der Waals surface area contributed by atoms with E-state index in [1.165, 1.54) is 29.4 Å². The molecule has 4 N–H and O–H groups in total. The Hall–Kier alpha value is -3.04. The van der Waals surface area contributed by atoms with E-state index in [9.17, 15) is 32.4 Å². The Kier molecular flexibility index (Phi) is 14.8. The number of unbranched alkanes of at least 4 members (excludes halogenated alkanes) is 1. The van der Waals surface area contributed by atoms with E-state index in [0.29, 0.717) is 12.8 Å². The first-order valence-corrected chi connectivity index (χ1v) is 19.3. The number of ketones is 1. The van der Waals surface area contributed by atoms with Gasteiger partial charge in [-0.3, -0.25) is 19.2 Å². The highest BCUT2D eigenvalue weighted by Crippen LogP contribution is 2.34. The summed E-state index contributed by atoms with van der Waals surface area (Å²) in [6.45, 7) is 17.2. The average molecular weight is 727 g/mol. The van der Waals surface area contributed by atoms with Crippen molar-refractivity contribution >= 4 is 50.9 Å². The van der Waals surface area contributed by atoms with Gasteiger partial charge in [-0.05, 0) is 47.0 Å². The third kappa shape index (κ3) is 11.0. The van der Waals surface area contributed by atoms with Crippen molar-refractivity contribution in [2.45, 2.75) is 116 Å². The molecule has 0 spiro atoms. The zero-order valence-electron chi connectivity index (χ0n) is 31.0. The third-order valence-electron chi connectivity index (χ3n) is 9.12. The summed E-state index contributed by atoms with van der Waals surface area (Å²) in [4.78, 5) is 68.5. The highest BCUT2D eigenvalue weighted by molar-refractivity contribution is 7.91. The van der Waals surface area contributed by atoms with Crippen LogP contribution >= 0.6 is 11.3 Å². The van der Waals surface area contributed by atoms with Gasteiger partial charge in [-0.2, -0.15) is 4.31 Å². The van der Waals surface area contributed by atoms with Crippen molar-refractivity contribution in [2.75, 3.05) is 27.2 Å². The van der Waals surface area contributed by atoms with Gasteiger partial charge in [-0.25, -0.2) is 13.2 Å². The maximum Gasteiger partial charge on any atom is 0.315 e. The van der Waals surface area contributed by atoms with Crippen molar-refractivity contribution in [3.8, 4) is 0 Å². The van der Waals surface area contributed by atoms with Gasteiger partial charge < -0.3 is 26.2 Å². The smallest absolute Gasteiger partial charge is 0.315 e. The summed E-state index contributed by atoms with van der Waals surface area (Å²) in [5.74, 6) is -2.69. The predicted molar refractivity (Wildman–Crippen MR) is 191 cm³/mol. The van der Waals surface area contributed by atoms with Crippen molar-refractivity contribution in [3.63, 3.8) is 0 Å². The number of likely N-dealkylation sites (N-methyl/N-ethyl adjacent to an activating group) is 2. The van der Waals surface area contributed by atoms with E-state index in [2.05, 4.69) is 21.3 Å². The molecule has 1 saturated heterocycles. The summed E-state index contributed by atoms with van der Waals surface area (Å²) < 4.78 is 27.7. The molecule has 1 aromatic heterocycles. The minimum atomic E-state index is -3.77. The fourth-order valence-electron chi connectivity index (χ4n) is 5.91. The summed E-state index contributed by atoms with van der Waals surface area (Å²) in [5.41, 5.74) is -1.33. The molecule has 5 atom stereocenters. The van der Waals surface area contributed by atoms with E-state index < -0.39 is 74.6 Å². The topological polar surface area (TPSA) is 174 Å². The van der Waals surface area contributed by atoms with Crippen molar-refractivity contribution in [3.05, 3.63) is 17.5 Å². The first kappa shape index (κ1) is 42.1. The number of carbonyl (C=O) groups is 5. The molecule has 1 aromatic rings. The van der Waals surface area contributed by atoms with Crippen molar-refractivity contribution < 1.29 is 32.4 Å². The molecule has 13 nitrogen and oxygen atoms in total. The summed E-state index contributed by atoms with van der Waals surface area (Å²) >= 11 is 1.11. The van der Waals surface area contributed by atoms with Crippen LogP contribution in [0.5, 0.6) is 0 Å². The summed E-state index contributed by atoms with van der Waals surface area (Å²) in [5, 5.41) is 12.6. The fraction of sp³-hybridized carbons (Fsp3) is 0.735. The third-order valence-corrected chi connectivity index (χ3v) is 12.3. The molecule has 0 aromatic carbocycles. The molecule has 2 heterocycles. The van der Waals surface area contributed by atoms with Crippen LogP contribution in [0.1, 0.15) is 88.0 Å². The second-order valence-electron chi connectivity index (χ2n) is 15.4. The van der Waals surface area contributed by atoms with Gasteiger partial charge in [0.2, 0.25) is 17.6 Å². The van der Waals surface area contributed by atoms with Gasteiger partial charge >= 0.3 is 6.03 Å². The van der Waals surface area contributed by atoms with E-state index in [0.717, 1.165) is 17.8 Å². The Bertz CT molecular complexity index is 1420. The molecule has 278 valence electrons. The highest BCUT2D eigenvalue weighted by Gasteiger charge is 2.48. The van der Waals surface area contributed by atoms with Gasteiger partial charge in [-0.1, -0.05) is 81.2 Å². The lowest BCUT2D eigenvalue weighted by molar-refractivity contribution is -0.144. The molecule has 5 amide bonds. The molecule has 15 heteroatoms. The van der Waals surface area contributed by atoms with Crippen molar-refractivity contribution in [2.24, 2.45) is 22.7 Å². The standard InChI is InChI=1S/C34H58N6O7S2/c1-12-13-15-23(27(41)30(43)35-10)36-29(42)26-22(21(2)3)17-18-40(26)31(44)28(34(7,8)9)38-32(45)37-24(33(4,5)6)20-39(11)49(46,47)25-16-14-19-48-25/h14,16,19,21-24,26,28H,12-13,15,17-18,20H2,1-11H3,(H,35,43)(H,36,42)(H2,37,38,45)/t22-,23?,24-,26+,28-/m1/s1. The quantitative estimate of drug-likeness (QED) is 0.201. The Morgan fingerprint density at radius 3 is 2.14 bits per heavy atom. The lowest BCUT2D eigenvalue weighted by Crippen LogP contribution is -2.62. The molecule has 0 radical (unpaired) electrons. The SMILES string of the molecule is CCCCC(NC(=O)[C@@H]1[C@@H](C(C)C)CCN1C(=O)[C@@H](NC(=O)N[C@H](CN(C)S(=O)(=O)c1cccs1)C(C)(C)C)C(C)(C)C)C(=O)C(=O)NC. The van der Waals surface area contributed by atoms with Crippen LogP contribution < -0.4 is 21.3 Å². The molecule has 0 bridgehead atoms. The summed E-state index contributed by atoms with van der Waals surface area (Å²) in [7, 11) is -0.949. The second kappa shape index (κ2) is 17.3. The number of thiophene rings is 1. The van der Waals surface area contributed by atoms with Gasteiger partial charge in [-0.15, -0.1) is 11.3 Å². The molecule has 1 aliphatic heterocycles. The number of amides is 5. The van der Waals surface area contributed by atoms with Gasteiger partial charge in [0, 0.05) is 33.2 Å². The zero-order valence-corrected chi connectivity index (χ0v) is 32.6. The predicted octanol–water partition coefficient (Wildman–Crippen LogP) is 3.36. The number of likely N-dealkylation sites (tertiary alicyclic amines) is 1. The normalized spacial score (nSPS) is 18.9. The molecular formula is C34H58N6O7S2. The van der Waals surface area contributed by atoms with E-state index >= 15 is 0 Å². The Morgan fingerprint density at radius 1 is 1.02 bits per heavy atom. The molecule has 49 heavy (non-hydrogen) atoms. The van der Waals surface area contributed by atoms with Crippen LogP contribution in [0, 0.1) is 22.7 Å². The largest absolute Gasteiger partial charge is 0.353 e. The van der Waals surface area contributed by atoms with Crippen LogP contribution in [-0.4, -0.2) is 98.5 Å². The number of nitrogens with one attached hydrogen (secondary N) is 4. The van der Waals surface area contributed by atoms with Crippen LogP contribution in [-0.2, 0) is 29.2 Å². The maximum absolute atomic E-state index is 14.4. The minimum absolute atomic E-state index is 0.0102. The highest BCUT2D eigenvalue weighted by atomic mass is 32.2.